The quantitative estimate of drug-likeness (QED) is 0.670. The van der Waals surface area contributed by atoms with Crippen LogP contribution in [0.3, 0.4) is 0 Å². The van der Waals surface area contributed by atoms with E-state index in [0.717, 1.165) is 11.6 Å². The number of aryl methyl sites for hydroxylation is 1. The Balaban J connectivity index is 2.20. The molecule has 0 saturated carbocycles. The molecule has 0 amide bonds. The molecular weight excluding hydrogens is 258 g/mol. The van der Waals surface area contributed by atoms with E-state index in [9.17, 15) is 0 Å². The van der Waals surface area contributed by atoms with E-state index in [-0.39, 0.29) is 6.10 Å². The summed E-state index contributed by atoms with van der Waals surface area (Å²) < 4.78 is 8.33. The number of hydrogen-bond donors (Lipinski definition) is 1. The van der Waals surface area contributed by atoms with Crippen molar-refractivity contribution in [1.29, 1.82) is 0 Å². The monoisotopic (exact) mass is 275 g/mol. The van der Waals surface area contributed by atoms with Crippen molar-refractivity contribution in [2.24, 2.45) is 0 Å². The van der Waals surface area contributed by atoms with E-state index >= 15 is 0 Å². The summed E-state index contributed by atoms with van der Waals surface area (Å²) in [5.41, 5.74) is 1.20. The topological polar surface area (TPSA) is 42.8 Å². The summed E-state index contributed by atoms with van der Waals surface area (Å²) in [6, 6.07) is 7.93. The molecule has 0 radical (unpaired) electrons. The van der Waals surface area contributed by atoms with E-state index in [4.69, 9.17) is 17.0 Å². The third-order valence-electron chi connectivity index (χ3n) is 2.80. The highest BCUT2D eigenvalue weighted by Gasteiger charge is 2.15. The zero-order valence-electron chi connectivity index (χ0n) is 11.1. The Kier molecular flexibility index (Phi) is 4.16. The normalized spacial score (nSPS) is 12.1. The van der Waals surface area contributed by atoms with E-state index < -0.39 is 0 Å². The largest absolute Gasteiger partial charge is 0.483 e. The zero-order valence-corrected chi connectivity index (χ0v) is 11.9. The van der Waals surface area contributed by atoms with Crippen LogP contribution in [0.1, 0.15) is 24.4 Å². The van der Waals surface area contributed by atoms with Crippen LogP contribution in [0.15, 0.2) is 36.9 Å². The number of nitrogens with zero attached hydrogens (tertiary/aromatic N) is 2. The van der Waals surface area contributed by atoms with Gasteiger partial charge >= 0.3 is 0 Å². The maximum atomic E-state index is 5.87. The van der Waals surface area contributed by atoms with Gasteiger partial charge in [-0.2, -0.15) is 5.10 Å². The van der Waals surface area contributed by atoms with Gasteiger partial charge in [0.15, 0.2) is 16.7 Å². The lowest BCUT2D eigenvalue weighted by molar-refractivity contribution is 0.211. The van der Waals surface area contributed by atoms with Crippen LogP contribution < -0.4 is 4.74 Å². The van der Waals surface area contributed by atoms with Gasteiger partial charge in [0, 0.05) is 6.54 Å². The smallest absolute Gasteiger partial charge is 0.195 e. The number of benzene rings is 1. The Labute approximate surface area is 117 Å². The highest BCUT2D eigenvalue weighted by Crippen LogP contribution is 2.20. The van der Waals surface area contributed by atoms with Crippen molar-refractivity contribution in [1.82, 2.24) is 14.8 Å². The molecule has 0 aliphatic heterocycles. The Bertz CT molecular complexity index is 612. The Hall–Kier alpha value is -1.88. The molecule has 100 valence electrons. The number of aromatic amines is 1. The molecule has 0 fully saturated rings. The fourth-order valence-corrected chi connectivity index (χ4v) is 2.03. The molecule has 0 unspecified atom stereocenters. The van der Waals surface area contributed by atoms with Crippen molar-refractivity contribution in [3.8, 4) is 5.75 Å². The van der Waals surface area contributed by atoms with Crippen LogP contribution in [0, 0.1) is 11.7 Å². The standard InChI is InChI=1S/C14H17N3OS/c1-4-9-17-13(15-16-14(17)19)11(3)18-12-7-5-10(2)6-8-12/h4-8,11H,1,9H2,2-3H3,(H,16,19)/t11-/m1/s1. The minimum atomic E-state index is -0.185. The first-order valence-electron chi connectivity index (χ1n) is 6.11. The van der Waals surface area contributed by atoms with E-state index in [1.807, 2.05) is 42.7 Å². The molecule has 2 rings (SSSR count). The highest BCUT2D eigenvalue weighted by molar-refractivity contribution is 7.71. The molecule has 0 aliphatic rings. The number of nitrogens with one attached hydrogen (secondary N) is 1. The molecule has 2 aromatic rings. The van der Waals surface area contributed by atoms with Gasteiger partial charge in [0.2, 0.25) is 0 Å². The lowest BCUT2D eigenvalue weighted by atomic mass is 10.2. The number of ether oxygens (including phenoxy) is 1. The van der Waals surface area contributed by atoms with Crippen molar-refractivity contribution in [3.63, 3.8) is 0 Å². The number of rotatable bonds is 5. The predicted molar refractivity (Wildman–Crippen MR) is 77.8 cm³/mol. The van der Waals surface area contributed by atoms with Crippen molar-refractivity contribution < 1.29 is 4.74 Å². The van der Waals surface area contributed by atoms with Crippen LogP contribution in [-0.2, 0) is 6.54 Å². The van der Waals surface area contributed by atoms with Gasteiger partial charge in [-0.05, 0) is 38.2 Å². The lowest BCUT2D eigenvalue weighted by Crippen LogP contribution is -2.11. The van der Waals surface area contributed by atoms with Crippen molar-refractivity contribution >= 4 is 12.2 Å². The molecule has 0 bridgehead atoms. The Morgan fingerprint density at radius 3 is 2.79 bits per heavy atom. The summed E-state index contributed by atoms with van der Waals surface area (Å²) in [6.45, 7) is 8.33. The van der Waals surface area contributed by atoms with Gasteiger partial charge in [0.05, 0.1) is 0 Å². The average Bonchev–Trinajstić information content (AvgIpc) is 2.75. The van der Waals surface area contributed by atoms with Crippen LogP contribution in [0.25, 0.3) is 0 Å². The van der Waals surface area contributed by atoms with Crippen LogP contribution in [0.5, 0.6) is 5.75 Å². The number of hydrogen-bond acceptors (Lipinski definition) is 3. The molecule has 1 N–H and O–H groups in total. The van der Waals surface area contributed by atoms with Crippen molar-refractivity contribution in [2.75, 3.05) is 0 Å². The molecular formula is C14H17N3OS. The van der Waals surface area contributed by atoms with Gasteiger partial charge in [-0.15, -0.1) is 6.58 Å². The number of H-pyrrole nitrogens is 1. The Morgan fingerprint density at radius 1 is 1.47 bits per heavy atom. The molecule has 4 nitrogen and oxygen atoms in total. The number of aromatic nitrogens is 3. The predicted octanol–water partition coefficient (Wildman–Crippen LogP) is 3.58. The van der Waals surface area contributed by atoms with Gasteiger partial charge in [-0.3, -0.25) is 9.67 Å². The van der Waals surface area contributed by atoms with E-state index in [1.165, 1.54) is 5.56 Å². The zero-order chi connectivity index (χ0) is 13.8. The van der Waals surface area contributed by atoms with Crippen molar-refractivity contribution in [2.45, 2.75) is 26.5 Å². The van der Waals surface area contributed by atoms with Crippen LogP contribution in [0.2, 0.25) is 0 Å². The summed E-state index contributed by atoms with van der Waals surface area (Å²) in [4.78, 5) is 0. The molecule has 1 aromatic heterocycles. The molecule has 1 atom stereocenters. The fraction of sp³-hybridized carbons (Fsp3) is 0.286. The maximum Gasteiger partial charge on any atom is 0.195 e. The molecule has 0 aliphatic carbocycles. The minimum absolute atomic E-state index is 0.185. The second-order valence-corrected chi connectivity index (χ2v) is 4.75. The summed E-state index contributed by atoms with van der Waals surface area (Å²) in [5.74, 6) is 1.59. The summed E-state index contributed by atoms with van der Waals surface area (Å²) in [7, 11) is 0. The van der Waals surface area contributed by atoms with Crippen LogP contribution in [-0.4, -0.2) is 14.8 Å². The van der Waals surface area contributed by atoms with E-state index in [1.54, 1.807) is 6.08 Å². The molecule has 1 aromatic carbocycles. The second-order valence-electron chi connectivity index (χ2n) is 4.36. The van der Waals surface area contributed by atoms with Gasteiger partial charge in [0.1, 0.15) is 5.75 Å². The minimum Gasteiger partial charge on any atom is -0.483 e. The third-order valence-corrected chi connectivity index (χ3v) is 3.11. The molecule has 5 heteroatoms. The van der Waals surface area contributed by atoms with Gasteiger partial charge in [-0.1, -0.05) is 23.8 Å². The van der Waals surface area contributed by atoms with Gasteiger partial charge in [-0.25, -0.2) is 0 Å². The van der Waals surface area contributed by atoms with Crippen molar-refractivity contribution in [3.05, 3.63) is 53.1 Å². The first-order valence-corrected chi connectivity index (χ1v) is 6.52. The first kappa shape index (κ1) is 13.5. The summed E-state index contributed by atoms with van der Waals surface area (Å²) in [5, 5.41) is 7.01. The fourth-order valence-electron chi connectivity index (χ4n) is 1.82. The first-order chi connectivity index (χ1) is 9.11. The summed E-state index contributed by atoms with van der Waals surface area (Å²) in [6.07, 6.45) is 1.60. The average molecular weight is 275 g/mol. The molecule has 19 heavy (non-hydrogen) atoms. The SMILES string of the molecule is C=CCn1c([C@@H](C)Oc2ccc(C)cc2)n[nH]c1=S. The van der Waals surface area contributed by atoms with Gasteiger partial charge in [0.25, 0.3) is 0 Å². The lowest BCUT2D eigenvalue weighted by Gasteiger charge is -2.14. The Morgan fingerprint density at radius 2 is 2.16 bits per heavy atom. The molecule has 0 saturated heterocycles. The van der Waals surface area contributed by atoms with Crippen LogP contribution in [0.4, 0.5) is 0 Å². The van der Waals surface area contributed by atoms with E-state index in [0.29, 0.717) is 11.3 Å². The second kappa shape index (κ2) is 5.84. The summed E-state index contributed by atoms with van der Waals surface area (Å²) >= 11 is 5.18. The van der Waals surface area contributed by atoms with Crippen LogP contribution >= 0.6 is 12.2 Å². The number of allylic oxidation sites excluding steroid dienone is 1. The molecule has 1 heterocycles. The third kappa shape index (κ3) is 3.12. The van der Waals surface area contributed by atoms with E-state index in [2.05, 4.69) is 16.8 Å². The van der Waals surface area contributed by atoms with Gasteiger partial charge < -0.3 is 4.74 Å². The highest BCUT2D eigenvalue weighted by atomic mass is 32.1. The molecule has 0 spiro atoms. The maximum absolute atomic E-state index is 5.87.